The minimum absolute atomic E-state index is 0.0363. The van der Waals surface area contributed by atoms with Crippen LogP contribution in [0.5, 0.6) is 0 Å². The number of rotatable bonds is 4. The van der Waals surface area contributed by atoms with Gasteiger partial charge in [-0.3, -0.25) is 0 Å². The van der Waals surface area contributed by atoms with E-state index in [1.807, 2.05) is 6.92 Å². The molecule has 0 spiro atoms. The second kappa shape index (κ2) is 5.68. The van der Waals surface area contributed by atoms with Crippen molar-refractivity contribution in [2.24, 2.45) is 5.92 Å². The van der Waals surface area contributed by atoms with Gasteiger partial charge >= 0.3 is 6.18 Å². The lowest BCUT2D eigenvalue weighted by Gasteiger charge is -2.14. The minimum atomic E-state index is -4.52. The van der Waals surface area contributed by atoms with E-state index in [4.69, 9.17) is 5.73 Å². The predicted octanol–water partition coefficient (Wildman–Crippen LogP) is 3.35. The van der Waals surface area contributed by atoms with E-state index in [9.17, 15) is 13.2 Å². The maximum Gasteiger partial charge on any atom is 0.433 e. The third-order valence-corrected chi connectivity index (χ3v) is 3.72. The number of aromatic nitrogens is 3. The van der Waals surface area contributed by atoms with Gasteiger partial charge in [-0.05, 0) is 37.8 Å². The Balaban J connectivity index is 1.91. The molecule has 5 nitrogen and oxygen atoms in total. The first kappa shape index (κ1) is 15.5. The predicted molar refractivity (Wildman–Crippen MR) is 80.5 cm³/mol. The summed E-state index contributed by atoms with van der Waals surface area (Å²) in [5, 5.41) is 3.22. The van der Waals surface area contributed by atoms with Crippen molar-refractivity contribution in [3.8, 4) is 11.5 Å². The molecule has 3 N–H and O–H groups in total. The van der Waals surface area contributed by atoms with Crippen LogP contribution in [0.3, 0.4) is 0 Å². The summed E-state index contributed by atoms with van der Waals surface area (Å²) in [6.45, 7) is 2.04. The van der Waals surface area contributed by atoms with Gasteiger partial charge in [-0.15, -0.1) is 0 Å². The molecule has 122 valence electrons. The van der Waals surface area contributed by atoms with Crippen LogP contribution >= 0.6 is 0 Å². The summed E-state index contributed by atoms with van der Waals surface area (Å²) in [6.07, 6.45) is -2.19. The number of nitrogens with one attached hydrogen (secondary N) is 1. The van der Waals surface area contributed by atoms with Crippen LogP contribution in [0.15, 0.2) is 24.3 Å². The van der Waals surface area contributed by atoms with Crippen molar-refractivity contribution in [2.75, 3.05) is 11.1 Å². The van der Waals surface area contributed by atoms with Crippen LogP contribution in [0.25, 0.3) is 11.5 Å². The lowest BCUT2D eigenvalue weighted by Crippen LogP contribution is -2.18. The summed E-state index contributed by atoms with van der Waals surface area (Å²) in [5.74, 6) is 1.34. The van der Waals surface area contributed by atoms with Gasteiger partial charge in [0.1, 0.15) is 23.0 Å². The molecule has 0 amide bonds. The molecule has 1 fully saturated rings. The zero-order chi connectivity index (χ0) is 16.6. The molecule has 2 aromatic heterocycles. The third-order valence-electron chi connectivity index (χ3n) is 3.72. The van der Waals surface area contributed by atoms with E-state index >= 15 is 0 Å². The Morgan fingerprint density at radius 3 is 2.61 bits per heavy atom. The van der Waals surface area contributed by atoms with Crippen molar-refractivity contribution in [1.29, 1.82) is 0 Å². The Kier molecular flexibility index (Phi) is 3.83. The molecule has 0 saturated heterocycles. The van der Waals surface area contributed by atoms with Crippen LogP contribution in [0.2, 0.25) is 0 Å². The van der Waals surface area contributed by atoms with Crippen LogP contribution in [0, 0.1) is 5.92 Å². The van der Waals surface area contributed by atoms with Crippen LogP contribution in [0.4, 0.5) is 24.8 Å². The topological polar surface area (TPSA) is 76.7 Å². The van der Waals surface area contributed by atoms with Crippen LogP contribution < -0.4 is 11.1 Å². The molecular formula is C15H16F3N5. The molecule has 0 aliphatic heterocycles. The lowest BCUT2D eigenvalue weighted by molar-refractivity contribution is -0.141. The molecule has 0 aromatic carbocycles. The zero-order valence-electron chi connectivity index (χ0n) is 12.4. The van der Waals surface area contributed by atoms with Gasteiger partial charge in [-0.25, -0.2) is 15.0 Å². The number of hydrogen-bond donors (Lipinski definition) is 2. The standard InChI is InChI=1S/C15H16F3N5/c1-8(9-5-6-9)20-13-7-12(19)22-14(23-13)10-3-2-4-11(21-10)15(16,17)18/h2-4,7-9H,5-6H2,1H3,(H3,19,20,22,23). The summed E-state index contributed by atoms with van der Waals surface area (Å²) in [4.78, 5) is 11.8. The van der Waals surface area contributed by atoms with Crippen molar-refractivity contribution >= 4 is 11.6 Å². The van der Waals surface area contributed by atoms with Gasteiger partial charge < -0.3 is 11.1 Å². The van der Waals surface area contributed by atoms with E-state index in [1.165, 1.54) is 12.1 Å². The second-order valence-electron chi connectivity index (χ2n) is 5.68. The van der Waals surface area contributed by atoms with Crippen LogP contribution in [0.1, 0.15) is 25.5 Å². The van der Waals surface area contributed by atoms with Gasteiger partial charge in [0.05, 0.1) is 0 Å². The molecule has 0 radical (unpaired) electrons. The fourth-order valence-electron chi connectivity index (χ4n) is 2.32. The van der Waals surface area contributed by atoms with Crippen molar-refractivity contribution in [3.63, 3.8) is 0 Å². The number of anilines is 2. The molecule has 23 heavy (non-hydrogen) atoms. The normalized spacial score (nSPS) is 16.2. The maximum absolute atomic E-state index is 12.8. The number of nitrogens with two attached hydrogens (primary N) is 1. The Bertz CT molecular complexity index is 712. The lowest BCUT2D eigenvalue weighted by atomic mass is 10.2. The Hall–Kier alpha value is -2.38. The van der Waals surface area contributed by atoms with E-state index in [-0.39, 0.29) is 23.4 Å². The molecule has 0 bridgehead atoms. The molecule has 1 aliphatic carbocycles. The summed E-state index contributed by atoms with van der Waals surface area (Å²) in [7, 11) is 0. The highest BCUT2D eigenvalue weighted by Gasteiger charge is 2.33. The number of pyridine rings is 1. The molecule has 1 saturated carbocycles. The van der Waals surface area contributed by atoms with E-state index in [1.54, 1.807) is 6.07 Å². The molecule has 8 heteroatoms. The first-order valence-electron chi connectivity index (χ1n) is 7.28. The number of hydrogen-bond acceptors (Lipinski definition) is 5. The van der Waals surface area contributed by atoms with Crippen LogP contribution in [-0.4, -0.2) is 21.0 Å². The van der Waals surface area contributed by atoms with Gasteiger partial charge in [-0.2, -0.15) is 13.2 Å². The highest BCUT2D eigenvalue weighted by atomic mass is 19.4. The van der Waals surface area contributed by atoms with Crippen molar-refractivity contribution in [3.05, 3.63) is 30.0 Å². The van der Waals surface area contributed by atoms with Gasteiger partial charge in [0.2, 0.25) is 0 Å². The fourth-order valence-corrected chi connectivity index (χ4v) is 2.32. The van der Waals surface area contributed by atoms with Gasteiger partial charge in [0.15, 0.2) is 5.82 Å². The highest BCUT2D eigenvalue weighted by Crippen LogP contribution is 2.34. The number of halogens is 3. The van der Waals surface area contributed by atoms with E-state index < -0.39 is 11.9 Å². The molecule has 3 rings (SSSR count). The Morgan fingerprint density at radius 1 is 1.22 bits per heavy atom. The third kappa shape index (κ3) is 3.69. The van der Waals surface area contributed by atoms with Crippen molar-refractivity contribution < 1.29 is 13.2 Å². The average Bonchev–Trinajstić information content (AvgIpc) is 3.30. The fraction of sp³-hybridized carbons (Fsp3) is 0.400. The molecule has 1 atom stereocenters. The number of nitrogen functional groups attached to an aromatic ring is 1. The molecular weight excluding hydrogens is 307 g/mol. The average molecular weight is 323 g/mol. The maximum atomic E-state index is 12.8. The minimum Gasteiger partial charge on any atom is -0.384 e. The van der Waals surface area contributed by atoms with Crippen molar-refractivity contribution in [1.82, 2.24) is 15.0 Å². The highest BCUT2D eigenvalue weighted by molar-refractivity contribution is 5.57. The van der Waals surface area contributed by atoms with Crippen LogP contribution in [-0.2, 0) is 6.18 Å². The SMILES string of the molecule is CC(Nc1cc(N)nc(-c2cccc(C(F)(F)F)n2)n1)C1CC1. The van der Waals surface area contributed by atoms with E-state index in [0.717, 1.165) is 18.9 Å². The van der Waals surface area contributed by atoms with Crippen molar-refractivity contribution in [2.45, 2.75) is 32.0 Å². The van der Waals surface area contributed by atoms with Gasteiger partial charge in [-0.1, -0.05) is 6.07 Å². The second-order valence-corrected chi connectivity index (χ2v) is 5.68. The first-order chi connectivity index (χ1) is 10.8. The van der Waals surface area contributed by atoms with Gasteiger partial charge in [0, 0.05) is 12.1 Å². The van der Waals surface area contributed by atoms with Gasteiger partial charge in [0.25, 0.3) is 0 Å². The summed E-state index contributed by atoms with van der Waals surface area (Å²) < 4.78 is 38.3. The Labute approximate surface area is 131 Å². The monoisotopic (exact) mass is 323 g/mol. The molecule has 2 aromatic rings. The number of nitrogens with zero attached hydrogens (tertiary/aromatic N) is 3. The summed E-state index contributed by atoms with van der Waals surface area (Å²) in [5.41, 5.74) is 4.80. The smallest absolute Gasteiger partial charge is 0.384 e. The molecule has 1 unspecified atom stereocenters. The Morgan fingerprint density at radius 2 is 1.96 bits per heavy atom. The molecule has 2 heterocycles. The quantitative estimate of drug-likeness (QED) is 0.902. The zero-order valence-corrected chi connectivity index (χ0v) is 12.4. The van der Waals surface area contributed by atoms with E-state index in [0.29, 0.717) is 11.7 Å². The van der Waals surface area contributed by atoms with E-state index in [2.05, 4.69) is 20.3 Å². The largest absolute Gasteiger partial charge is 0.433 e. The number of alkyl halides is 3. The first-order valence-corrected chi connectivity index (χ1v) is 7.28. The summed E-state index contributed by atoms with van der Waals surface area (Å²) in [6, 6.07) is 5.40. The summed E-state index contributed by atoms with van der Waals surface area (Å²) >= 11 is 0. The molecule has 1 aliphatic rings.